The van der Waals surface area contributed by atoms with Crippen LogP contribution in [-0.4, -0.2) is 71.3 Å². The molecular weight excluding hydrogens is 304 g/mol. The van der Waals surface area contributed by atoms with Gasteiger partial charge in [0.25, 0.3) is 0 Å². The Bertz CT molecular complexity index is 639. The first-order valence-electron chi connectivity index (χ1n) is 7.41. The average molecular weight is 330 g/mol. The van der Waals surface area contributed by atoms with Crippen LogP contribution in [0.2, 0.25) is 0 Å². The van der Waals surface area contributed by atoms with Crippen molar-refractivity contribution < 1.29 is 13.5 Å². The van der Waals surface area contributed by atoms with Crippen molar-refractivity contribution in [3.63, 3.8) is 0 Å². The van der Waals surface area contributed by atoms with E-state index in [4.69, 9.17) is 0 Å². The summed E-state index contributed by atoms with van der Waals surface area (Å²) in [5.41, 5.74) is 2.13. The molecule has 0 aliphatic carbocycles. The maximum Gasteiger partial charge on any atom is 0.214 e. The highest BCUT2D eigenvalue weighted by Gasteiger charge is 2.35. The summed E-state index contributed by atoms with van der Waals surface area (Å²) < 4.78 is 27.2. The second-order valence-corrected chi connectivity index (χ2v) is 8.57. The van der Waals surface area contributed by atoms with Crippen LogP contribution >= 0.6 is 0 Å². The fourth-order valence-electron chi connectivity index (χ4n) is 2.78. The standard InChI is InChI=1S/C14H26N4O3S/c1-10-11(2)17(5)14(15-10)8-18-6-12(13(19)7-18)9-22(20,21)16(3)4/h12-13,19H,6-9H2,1-5H3/t12-,13-/m0/s1. The molecule has 0 saturated carbocycles. The summed E-state index contributed by atoms with van der Waals surface area (Å²) in [5.74, 6) is 0.671. The molecule has 0 bridgehead atoms. The van der Waals surface area contributed by atoms with Gasteiger partial charge in [0.2, 0.25) is 10.0 Å². The molecule has 0 amide bonds. The summed E-state index contributed by atoms with van der Waals surface area (Å²) in [6, 6.07) is 0. The van der Waals surface area contributed by atoms with Crippen LogP contribution in [-0.2, 0) is 23.6 Å². The van der Waals surface area contributed by atoms with Gasteiger partial charge in [0, 0.05) is 45.8 Å². The van der Waals surface area contributed by atoms with Crippen molar-refractivity contribution in [2.45, 2.75) is 26.5 Å². The molecule has 0 spiro atoms. The predicted molar refractivity (Wildman–Crippen MR) is 84.9 cm³/mol. The van der Waals surface area contributed by atoms with E-state index in [1.54, 1.807) is 0 Å². The summed E-state index contributed by atoms with van der Waals surface area (Å²) >= 11 is 0. The maximum atomic E-state index is 12.0. The molecule has 126 valence electrons. The van der Waals surface area contributed by atoms with Gasteiger partial charge >= 0.3 is 0 Å². The van der Waals surface area contributed by atoms with Crippen LogP contribution in [0.5, 0.6) is 0 Å². The molecule has 1 aromatic heterocycles. The smallest absolute Gasteiger partial charge is 0.214 e. The fraction of sp³-hybridized carbons (Fsp3) is 0.786. The van der Waals surface area contributed by atoms with Crippen molar-refractivity contribution in [1.29, 1.82) is 0 Å². The molecule has 1 aliphatic heterocycles. The van der Waals surface area contributed by atoms with E-state index in [-0.39, 0.29) is 11.7 Å². The van der Waals surface area contributed by atoms with Gasteiger partial charge in [-0.3, -0.25) is 4.90 Å². The van der Waals surface area contributed by atoms with Crippen molar-refractivity contribution in [2.75, 3.05) is 32.9 Å². The molecule has 2 rings (SSSR count). The molecule has 1 fully saturated rings. The lowest BCUT2D eigenvalue weighted by Gasteiger charge is -2.18. The molecule has 1 aliphatic rings. The van der Waals surface area contributed by atoms with Gasteiger partial charge in [-0.05, 0) is 13.8 Å². The van der Waals surface area contributed by atoms with Crippen LogP contribution in [0.15, 0.2) is 0 Å². The molecule has 0 radical (unpaired) electrons. The Hall–Kier alpha value is -0.960. The molecule has 2 heterocycles. The number of rotatable bonds is 5. The monoisotopic (exact) mass is 330 g/mol. The highest BCUT2D eigenvalue weighted by Crippen LogP contribution is 2.22. The van der Waals surface area contributed by atoms with E-state index in [2.05, 4.69) is 9.88 Å². The van der Waals surface area contributed by atoms with Gasteiger partial charge in [0.1, 0.15) is 5.82 Å². The second kappa shape index (κ2) is 6.27. The summed E-state index contributed by atoms with van der Waals surface area (Å²) in [7, 11) is 1.72. The molecule has 1 saturated heterocycles. The Morgan fingerprint density at radius 3 is 2.45 bits per heavy atom. The quantitative estimate of drug-likeness (QED) is 0.803. The SMILES string of the molecule is Cc1nc(CN2C[C@@H](CS(=O)(=O)N(C)C)[C@@H](O)C2)n(C)c1C. The first kappa shape index (κ1) is 17.4. The van der Waals surface area contributed by atoms with Crippen LogP contribution in [0, 0.1) is 19.8 Å². The van der Waals surface area contributed by atoms with Crippen LogP contribution in [0.25, 0.3) is 0 Å². The molecular formula is C14H26N4O3S. The van der Waals surface area contributed by atoms with E-state index in [9.17, 15) is 13.5 Å². The molecule has 22 heavy (non-hydrogen) atoms. The number of nitrogens with zero attached hydrogens (tertiary/aromatic N) is 4. The number of β-amino-alcohol motifs (C(OH)–C–C–N with tert-alkyl or cyclic N) is 1. The first-order chi connectivity index (χ1) is 10.1. The molecule has 0 aromatic carbocycles. The predicted octanol–water partition coefficient (Wildman–Crippen LogP) is -0.279. The molecule has 0 unspecified atom stereocenters. The van der Waals surface area contributed by atoms with E-state index in [0.717, 1.165) is 17.2 Å². The zero-order valence-corrected chi connectivity index (χ0v) is 14.8. The minimum Gasteiger partial charge on any atom is -0.391 e. The lowest BCUT2D eigenvalue weighted by molar-refractivity contribution is 0.147. The number of aryl methyl sites for hydroxylation is 1. The maximum absolute atomic E-state index is 12.0. The van der Waals surface area contributed by atoms with Gasteiger partial charge in [-0.2, -0.15) is 0 Å². The summed E-state index contributed by atoms with van der Waals surface area (Å²) in [6.07, 6.45) is -0.614. The normalized spacial score (nSPS) is 23.6. The minimum absolute atomic E-state index is 0.0176. The van der Waals surface area contributed by atoms with E-state index < -0.39 is 16.1 Å². The van der Waals surface area contributed by atoms with Crippen LogP contribution in [0.3, 0.4) is 0 Å². The van der Waals surface area contributed by atoms with Crippen molar-refractivity contribution in [3.05, 3.63) is 17.2 Å². The molecule has 1 aromatic rings. The van der Waals surface area contributed by atoms with Crippen LogP contribution in [0.1, 0.15) is 17.2 Å². The second-order valence-electron chi connectivity index (χ2n) is 6.34. The van der Waals surface area contributed by atoms with Crippen molar-refractivity contribution in [2.24, 2.45) is 13.0 Å². The van der Waals surface area contributed by atoms with Crippen LogP contribution < -0.4 is 0 Å². The Labute approximate surface area is 132 Å². The van der Waals surface area contributed by atoms with E-state index in [1.807, 2.05) is 25.5 Å². The number of aliphatic hydroxyl groups excluding tert-OH is 1. The number of hydrogen-bond donors (Lipinski definition) is 1. The molecule has 7 nitrogen and oxygen atoms in total. The number of aliphatic hydroxyl groups is 1. The highest BCUT2D eigenvalue weighted by molar-refractivity contribution is 7.89. The van der Waals surface area contributed by atoms with Crippen molar-refractivity contribution in [3.8, 4) is 0 Å². The fourth-order valence-corrected chi connectivity index (χ4v) is 3.95. The number of aromatic nitrogens is 2. The van der Waals surface area contributed by atoms with E-state index in [0.29, 0.717) is 19.6 Å². The van der Waals surface area contributed by atoms with Gasteiger partial charge < -0.3 is 9.67 Å². The Morgan fingerprint density at radius 1 is 1.32 bits per heavy atom. The lowest BCUT2D eigenvalue weighted by atomic mass is 10.1. The molecule has 2 atom stereocenters. The van der Waals surface area contributed by atoms with Crippen molar-refractivity contribution >= 4 is 10.0 Å². The third-order valence-corrected chi connectivity index (χ3v) is 6.50. The molecule has 1 N–H and O–H groups in total. The van der Waals surface area contributed by atoms with Crippen LogP contribution in [0.4, 0.5) is 0 Å². The summed E-state index contributed by atoms with van der Waals surface area (Å²) in [4.78, 5) is 6.61. The van der Waals surface area contributed by atoms with E-state index >= 15 is 0 Å². The minimum atomic E-state index is -3.30. The van der Waals surface area contributed by atoms with Gasteiger partial charge in [-0.1, -0.05) is 0 Å². The van der Waals surface area contributed by atoms with Gasteiger partial charge in [0.15, 0.2) is 0 Å². The Morgan fingerprint density at radius 2 is 1.95 bits per heavy atom. The topological polar surface area (TPSA) is 78.7 Å². The number of sulfonamides is 1. The number of imidazole rings is 1. The van der Waals surface area contributed by atoms with Crippen molar-refractivity contribution in [1.82, 2.24) is 18.8 Å². The van der Waals surface area contributed by atoms with Gasteiger partial charge in [-0.25, -0.2) is 17.7 Å². The Kier molecular flexibility index (Phi) is 4.96. The molecule has 8 heteroatoms. The third-order valence-electron chi connectivity index (χ3n) is 4.54. The van der Waals surface area contributed by atoms with Gasteiger partial charge in [-0.15, -0.1) is 0 Å². The Balaban J connectivity index is 2.03. The zero-order chi connectivity index (χ0) is 16.7. The van der Waals surface area contributed by atoms with E-state index in [1.165, 1.54) is 18.4 Å². The summed E-state index contributed by atoms with van der Waals surface area (Å²) in [6.45, 7) is 5.68. The lowest BCUT2D eigenvalue weighted by Crippen LogP contribution is -2.33. The van der Waals surface area contributed by atoms with Gasteiger partial charge in [0.05, 0.1) is 24.1 Å². The first-order valence-corrected chi connectivity index (χ1v) is 9.02. The third kappa shape index (κ3) is 3.51. The average Bonchev–Trinajstić information content (AvgIpc) is 2.85. The largest absolute Gasteiger partial charge is 0.391 e. The number of hydrogen-bond acceptors (Lipinski definition) is 5. The summed E-state index contributed by atoms with van der Waals surface area (Å²) in [5, 5.41) is 10.2. The number of likely N-dealkylation sites (tertiary alicyclic amines) is 1. The zero-order valence-electron chi connectivity index (χ0n) is 13.9. The highest BCUT2D eigenvalue weighted by atomic mass is 32.2.